The summed E-state index contributed by atoms with van der Waals surface area (Å²) < 4.78 is 21.0. The molecule has 8 heteroatoms. The molecule has 0 bridgehead atoms. The van der Waals surface area contributed by atoms with E-state index in [4.69, 9.17) is 4.74 Å². The summed E-state index contributed by atoms with van der Waals surface area (Å²) in [6.07, 6.45) is 5.15. The summed E-state index contributed by atoms with van der Waals surface area (Å²) in [6, 6.07) is 4.78. The van der Waals surface area contributed by atoms with Crippen molar-refractivity contribution >= 4 is 11.6 Å². The number of amides is 1. The number of aromatic nitrogens is 4. The first-order valence-electron chi connectivity index (χ1n) is 8.57. The molecule has 0 spiro atoms. The number of hydrogen-bond acceptors (Lipinski definition) is 5. The van der Waals surface area contributed by atoms with Crippen LogP contribution in [0, 0.1) is 5.82 Å². The van der Waals surface area contributed by atoms with Crippen molar-refractivity contribution in [1.29, 1.82) is 0 Å². The number of ether oxygens (including phenoxy) is 1. The molecule has 1 aliphatic heterocycles. The van der Waals surface area contributed by atoms with Crippen molar-refractivity contribution in [2.45, 2.75) is 43.6 Å². The minimum absolute atomic E-state index is 0.134. The molecule has 132 valence electrons. The third kappa shape index (κ3) is 3.39. The first-order valence-corrected chi connectivity index (χ1v) is 8.57. The molecule has 1 amide bonds. The zero-order valence-electron chi connectivity index (χ0n) is 13.8. The van der Waals surface area contributed by atoms with Crippen LogP contribution in [0.2, 0.25) is 0 Å². The molecule has 0 radical (unpaired) electrons. The van der Waals surface area contributed by atoms with Gasteiger partial charge >= 0.3 is 0 Å². The second-order valence-electron chi connectivity index (χ2n) is 6.83. The predicted octanol–water partition coefficient (Wildman–Crippen LogP) is 2.22. The minimum atomic E-state index is -0.481. The molecule has 1 aromatic carbocycles. The molecule has 2 aliphatic rings. The summed E-state index contributed by atoms with van der Waals surface area (Å²) in [5.41, 5.74) is 0.844. The fourth-order valence-corrected chi connectivity index (χ4v) is 3.45. The van der Waals surface area contributed by atoms with Crippen LogP contribution in [0.15, 0.2) is 24.5 Å². The van der Waals surface area contributed by atoms with E-state index in [2.05, 4.69) is 20.8 Å². The van der Waals surface area contributed by atoms with E-state index >= 15 is 0 Å². The van der Waals surface area contributed by atoms with Crippen LogP contribution >= 0.6 is 0 Å². The van der Waals surface area contributed by atoms with Gasteiger partial charge in [-0.2, -0.15) is 0 Å². The number of carbonyl (C=O) groups is 1. The lowest BCUT2D eigenvalue weighted by atomic mass is 9.86. The van der Waals surface area contributed by atoms with Gasteiger partial charge in [0.1, 0.15) is 12.1 Å². The number of halogens is 1. The Morgan fingerprint density at radius 3 is 2.84 bits per heavy atom. The average Bonchev–Trinajstić information content (AvgIpc) is 3.29. The van der Waals surface area contributed by atoms with Gasteiger partial charge in [0.05, 0.1) is 12.0 Å². The fourth-order valence-electron chi connectivity index (χ4n) is 3.45. The van der Waals surface area contributed by atoms with Gasteiger partial charge in [-0.1, -0.05) is 0 Å². The van der Waals surface area contributed by atoms with Crippen molar-refractivity contribution < 1.29 is 13.9 Å². The molecule has 0 unspecified atom stereocenters. The molecule has 1 saturated carbocycles. The number of hydrogen-bond donors (Lipinski definition) is 1. The Bertz CT molecular complexity index is 754. The highest BCUT2D eigenvalue weighted by Gasteiger charge is 2.38. The highest BCUT2D eigenvalue weighted by Crippen LogP contribution is 2.42. The highest BCUT2D eigenvalue weighted by molar-refractivity contribution is 5.91. The number of benzene rings is 1. The molecule has 7 nitrogen and oxygen atoms in total. The van der Waals surface area contributed by atoms with Crippen LogP contribution < -0.4 is 5.32 Å². The van der Waals surface area contributed by atoms with E-state index in [1.807, 2.05) is 0 Å². The summed E-state index contributed by atoms with van der Waals surface area (Å²) in [5, 5.41) is 14.3. The Morgan fingerprint density at radius 1 is 1.36 bits per heavy atom. The Balaban J connectivity index is 1.50. The van der Waals surface area contributed by atoms with E-state index in [1.54, 1.807) is 23.1 Å². The Hall–Kier alpha value is -2.35. The molecule has 0 atom stereocenters. The van der Waals surface area contributed by atoms with Crippen LogP contribution in [0.4, 0.5) is 10.1 Å². The maximum atomic E-state index is 13.9. The average molecular weight is 345 g/mol. The van der Waals surface area contributed by atoms with Crippen molar-refractivity contribution in [2.75, 3.05) is 18.5 Å². The van der Waals surface area contributed by atoms with Crippen LogP contribution in [0.25, 0.3) is 0 Å². The van der Waals surface area contributed by atoms with Crippen molar-refractivity contribution in [2.24, 2.45) is 0 Å². The highest BCUT2D eigenvalue weighted by atomic mass is 19.1. The number of anilines is 1. The Morgan fingerprint density at radius 2 is 2.16 bits per heavy atom. The molecule has 1 N–H and O–H groups in total. The maximum absolute atomic E-state index is 13.9. The number of nitrogens with one attached hydrogen (secondary N) is 1. The van der Waals surface area contributed by atoms with Crippen molar-refractivity contribution in [3.05, 3.63) is 35.9 Å². The summed E-state index contributed by atoms with van der Waals surface area (Å²) in [6.45, 7) is 1.13. The van der Waals surface area contributed by atoms with Gasteiger partial charge in [-0.25, -0.2) is 9.07 Å². The molecule has 1 aliphatic carbocycles. The smallest absolute Gasteiger partial charge is 0.226 e. The summed E-state index contributed by atoms with van der Waals surface area (Å²) in [5.74, 6) is -0.0410. The van der Waals surface area contributed by atoms with Crippen molar-refractivity contribution in [3.8, 4) is 0 Å². The molecule has 2 heterocycles. The van der Waals surface area contributed by atoms with Crippen molar-refractivity contribution in [1.82, 2.24) is 20.2 Å². The van der Waals surface area contributed by atoms with Gasteiger partial charge in [0.15, 0.2) is 0 Å². The van der Waals surface area contributed by atoms with E-state index in [9.17, 15) is 9.18 Å². The van der Waals surface area contributed by atoms with Crippen LogP contribution in [0.1, 0.15) is 43.6 Å². The fraction of sp³-hybridized carbons (Fsp3) is 0.529. The van der Waals surface area contributed by atoms with Gasteiger partial charge in [-0.05, 0) is 65.8 Å². The molecule has 1 saturated heterocycles. The molecule has 2 aromatic rings. The number of carbonyl (C=O) groups excluding carboxylic acids is 1. The zero-order valence-corrected chi connectivity index (χ0v) is 13.8. The largest absolute Gasteiger partial charge is 0.381 e. The van der Waals surface area contributed by atoms with Gasteiger partial charge in [0.2, 0.25) is 5.91 Å². The van der Waals surface area contributed by atoms with Crippen LogP contribution in [-0.2, 0) is 15.1 Å². The van der Waals surface area contributed by atoms with Gasteiger partial charge in [-0.15, -0.1) is 5.10 Å². The van der Waals surface area contributed by atoms with E-state index in [0.717, 1.165) is 12.8 Å². The Labute approximate surface area is 144 Å². The third-order valence-electron chi connectivity index (χ3n) is 5.05. The van der Waals surface area contributed by atoms with Crippen molar-refractivity contribution in [3.63, 3.8) is 0 Å². The maximum Gasteiger partial charge on any atom is 0.226 e. The monoisotopic (exact) mass is 345 g/mol. The molecule has 1 aromatic heterocycles. The van der Waals surface area contributed by atoms with Gasteiger partial charge < -0.3 is 10.1 Å². The van der Waals surface area contributed by atoms with E-state index in [0.29, 0.717) is 43.2 Å². The molecule has 25 heavy (non-hydrogen) atoms. The van der Waals surface area contributed by atoms with Crippen LogP contribution in [0.5, 0.6) is 0 Å². The van der Waals surface area contributed by atoms with E-state index in [1.165, 1.54) is 6.07 Å². The second kappa shape index (κ2) is 6.51. The van der Waals surface area contributed by atoms with Gasteiger partial charge in [-0.3, -0.25) is 4.79 Å². The molecule has 4 rings (SSSR count). The Kier molecular flexibility index (Phi) is 4.20. The third-order valence-corrected chi connectivity index (χ3v) is 5.05. The standard InChI is InChI=1S/C17H20FN5O2/c18-15-4-3-13(9-14(15)12-1-2-12)20-16(24)10-17(5-7-25-8-6-17)23-11-19-21-22-23/h3-4,9,11-12H,1-2,5-8,10H2,(H,20,24). The molecular weight excluding hydrogens is 325 g/mol. The number of nitrogens with zero attached hydrogens (tertiary/aromatic N) is 4. The summed E-state index contributed by atoms with van der Waals surface area (Å²) in [4.78, 5) is 12.6. The lowest BCUT2D eigenvalue weighted by Gasteiger charge is -2.36. The lowest BCUT2D eigenvalue weighted by Crippen LogP contribution is -2.43. The quantitative estimate of drug-likeness (QED) is 0.898. The summed E-state index contributed by atoms with van der Waals surface area (Å²) in [7, 11) is 0. The first kappa shape index (κ1) is 16.1. The topological polar surface area (TPSA) is 81.9 Å². The van der Waals surface area contributed by atoms with Crippen LogP contribution in [0.3, 0.4) is 0 Å². The second-order valence-corrected chi connectivity index (χ2v) is 6.83. The molecular formula is C17H20FN5O2. The lowest BCUT2D eigenvalue weighted by molar-refractivity contribution is -0.120. The van der Waals surface area contributed by atoms with Gasteiger partial charge in [0, 0.05) is 18.9 Å². The predicted molar refractivity (Wildman–Crippen MR) is 87.5 cm³/mol. The summed E-state index contributed by atoms with van der Waals surface area (Å²) >= 11 is 0. The van der Waals surface area contributed by atoms with Gasteiger partial charge in [0.25, 0.3) is 0 Å². The van der Waals surface area contributed by atoms with E-state index < -0.39 is 5.54 Å². The number of tetrazole rings is 1. The molecule has 2 fully saturated rings. The normalized spacial score (nSPS) is 19.6. The van der Waals surface area contributed by atoms with E-state index in [-0.39, 0.29) is 18.1 Å². The zero-order chi connectivity index (χ0) is 17.3. The number of rotatable bonds is 5. The first-order chi connectivity index (χ1) is 12.2. The SMILES string of the molecule is O=C(CC1(n2cnnn2)CCOCC1)Nc1ccc(F)c(C2CC2)c1. The van der Waals surface area contributed by atoms with Crippen LogP contribution in [-0.4, -0.2) is 39.3 Å². The minimum Gasteiger partial charge on any atom is -0.381 e.